The number of hydrogen-bond acceptors (Lipinski definition) is 3. The minimum Gasteiger partial charge on any atom is -0.326 e. The first-order valence-electron chi connectivity index (χ1n) is 3.76. The summed E-state index contributed by atoms with van der Waals surface area (Å²) in [6.07, 6.45) is 1.59. The number of aromatic nitrogens is 1. The second kappa shape index (κ2) is 3.33. The lowest BCUT2D eigenvalue weighted by molar-refractivity contribution is 0.982. The molecule has 1 rings (SSSR count). The van der Waals surface area contributed by atoms with Gasteiger partial charge >= 0.3 is 0 Å². The summed E-state index contributed by atoms with van der Waals surface area (Å²) in [5, 5.41) is 8.70. The number of hydrogen-bond donors (Lipinski definition) is 1. The Kier molecular flexibility index (Phi) is 2.41. The molecule has 0 aromatic carbocycles. The molecule has 0 fully saturated rings. The normalized spacial score (nSPS) is 9.50. The Labute approximate surface area is 71.8 Å². The van der Waals surface area contributed by atoms with E-state index in [4.69, 9.17) is 11.0 Å². The molecule has 0 bridgehead atoms. The summed E-state index contributed by atoms with van der Waals surface area (Å²) in [5.41, 5.74) is 8.98. The average Bonchev–Trinajstić information content (AvgIpc) is 2.06. The molecule has 2 N–H and O–H groups in total. The van der Waals surface area contributed by atoms with E-state index in [2.05, 4.69) is 11.1 Å². The second-order valence-corrected chi connectivity index (χ2v) is 2.68. The third-order valence-corrected chi connectivity index (χ3v) is 2.01. The fraction of sp³-hybridized carbons (Fsp3) is 0.333. The Bertz CT molecular complexity index is 336. The Hall–Kier alpha value is -1.40. The number of aryl methyl sites for hydroxylation is 1. The largest absolute Gasteiger partial charge is 0.326 e. The number of nitriles is 1. The highest BCUT2D eigenvalue weighted by Crippen LogP contribution is 2.13. The van der Waals surface area contributed by atoms with E-state index in [9.17, 15) is 0 Å². The van der Waals surface area contributed by atoms with Crippen molar-refractivity contribution >= 4 is 0 Å². The van der Waals surface area contributed by atoms with Gasteiger partial charge in [-0.3, -0.25) is 4.98 Å². The minimum atomic E-state index is 0.445. The SMILES string of the molecule is Cc1ncc(C#N)c(C)c1CN. The highest BCUT2D eigenvalue weighted by Gasteiger charge is 2.05. The van der Waals surface area contributed by atoms with Crippen LogP contribution >= 0.6 is 0 Å². The van der Waals surface area contributed by atoms with Crippen LogP contribution in [0.25, 0.3) is 0 Å². The second-order valence-electron chi connectivity index (χ2n) is 2.68. The van der Waals surface area contributed by atoms with Crippen LogP contribution in [0.15, 0.2) is 6.20 Å². The molecule has 1 aromatic rings. The van der Waals surface area contributed by atoms with Crippen molar-refractivity contribution < 1.29 is 0 Å². The lowest BCUT2D eigenvalue weighted by Gasteiger charge is -2.06. The quantitative estimate of drug-likeness (QED) is 0.669. The smallest absolute Gasteiger partial charge is 0.101 e. The molecule has 0 spiro atoms. The van der Waals surface area contributed by atoms with Gasteiger partial charge in [0.25, 0.3) is 0 Å². The van der Waals surface area contributed by atoms with Crippen molar-refractivity contribution in [1.82, 2.24) is 4.98 Å². The summed E-state index contributed by atoms with van der Waals surface area (Å²) in [5.74, 6) is 0. The van der Waals surface area contributed by atoms with Gasteiger partial charge in [0, 0.05) is 18.4 Å². The maximum absolute atomic E-state index is 8.70. The van der Waals surface area contributed by atoms with Crippen molar-refractivity contribution in [2.24, 2.45) is 5.73 Å². The highest BCUT2D eigenvalue weighted by molar-refractivity contribution is 5.41. The van der Waals surface area contributed by atoms with Gasteiger partial charge < -0.3 is 5.73 Å². The molecular formula is C9H11N3. The number of nitrogens with two attached hydrogens (primary N) is 1. The maximum Gasteiger partial charge on any atom is 0.101 e. The van der Waals surface area contributed by atoms with Crippen LogP contribution in [0.3, 0.4) is 0 Å². The van der Waals surface area contributed by atoms with Gasteiger partial charge in [-0.2, -0.15) is 5.26 Å². The summed E-state index contributed by atoms with van der Waals surface area (Å²) < 4.78 is 0. The van der Waals surface area contributed by atoms with E-state index in [0.717, 1.165) is 16.8 Å². The average molecular weight is 161 g/mol. The summed E-state index contributed by atoms with van der Waals surface area (Å²) in [7, 11) is 0. The fourth-order valence-electron chi connectivity index (χ4n) is 1.18. The predicted molar refractivity (Wildman–Crippen MR) is 46.3 cm³/mol. The molecule has 0 saturated carbocycles. The summed E-state index contributed by atoms with van der Waals surface area (Å²) >= 11 is 0. The van der Waals surface area contributed by atoms with Crippen molar-refractivity contribution in [3.63, 3.8) is 0 Å². The third-order valence-electron chi connectivity index (χ3n) is 2.01. The molecule has 0 atom stereocenters. The van der Waals surface area contributed by atoms with Crippen LogP contribution < -0.4 is 5.73 Å². The molecule has 0 radical (unpaired) electrons. The maximum atomic E-state index is 8.70. The van der Waals surface area contributed by atoms with Gasteiger partial charge in [0.1, 0.15) is 6.07 Å². The van der Waals surface area contributed by atoms with E-state index < -0.39 is 0 Å². The Balaban J connectivity index is 3.36. The van der Waals surface area contributed by atoms with Crippen molar-refractivity contribution in [3.05, 3.63) is 28.6 Å². The number of rotatable bonds is 1. The molecule has 1 aromatic heterocycles. The Morgan fingerprint density at radius 1 is 1.58 bits per heavy atom. The highest BCUT2D eigenvalue weighted by atomic mass is 14.7. The van der Waals surface area contributed by atoms with Gasteiger partial charge in [-0.15, -0.1) is 0 Å². The molecule has 3 nitrogen and oxygen atoms in total. The lowest BCUT2D eigenvalue weighted by atomic mass is 10.0. The molecule has 1 heterocycles. The van der Waals surface area contributed by atoms with Crippen molar-refractivity contribution in [3.8, 4) is 6.07 Å². The number of nitrogens with zero attached hydrogens (tertiary/aromatic N) is 2. The topological polar surface area (TPSA) is 62.7 Å². The first-order valence-corrected chi connectivity index (χ1v) is 3.76. The van der Waals surface area contributed by atoms with Gasteiger partial charge in [0.15, 0.2) is 0 Å². The summed E-state index contributed by atoms with van der Waals surface area (Å²) in [6.45, 7) is 4.24. The molecule has 0 amide bonds. The van der Waals surface area contributed by atoms with Crippen LogP contribution in [0, 0.1) is 25.2 Å². The van der Waals surface area contributed by atoms with Crippen LogP contribution in [0.1, 0.15) is 22.4 Å². The van der Waals surface area contributed by atoms with E-state index in [-0.39, 0.29) is 0 Å². The fourth-order valence-corrected chi connectivity index (χ4v) is 1.18. The van der Waals surface area contributed by atoms with Gasteiger partial charge in [-0.25, -0.2) is 0 Å². The zero-order chi connectivity index (χ0) is 9.14. The Morgan fingerprint density at radius 2 is 2.25 bits per heavy atom. The molecule has 0 unspecified atom stereocenters. The van der Waals surface area contributed by atoms with E-state index in [1.54, 1.807) is 6.20 Å². The van der Waals surface area contributed by atoms with Gasteiger partial charge in [-0.1, -0.05) is 0 Å². The van der Waals surface area contributed by atoms with Crippen LogP contribution in [-0.4, -0.2) is 4.98 Å². The van der Waals surface area contributed by atoms with Gasteiger partial charge in [-0.05, 0) is 25.0 Å². The van der Waals surface area contributed by atoms with E-state index in [1.807, 2.05) is 13.8 Å². The van der Waals surface area contributed by atoms with Crippen molar-refractivity contribution in [2.45, 2.75) is 20.4 Å². The molecule has 12 heavy (non-hydrogen) atoms. The van der Waals surface area contributed by atoms with Crippen LogP contribution in [0.5, 0.6) is 0 Å². The first-order chi connectivity index (χ1) is 5.70. The van der Waals surface area contributed by atoms with Crippen LogP contribution in [0.4, 0.5) is 0 Å². The van der Waals surface area contributed by atoms with Crippen molar-refractivity contribution in [2.75, 3.05) is 0 Å². The standard InChI is InChI=1S/C9H11N3/c1-6-8(3-10)5-12-7(2)9(6)4-11/h5H,4,11H2,1-2H3. The molecule has 0 saturated heterocycles. The zero-order valence-electron chi connectivity index (χ0n) is 7.26. The third kappa shape index (κ3) is 1.29. The lowest BCUT2D eigenvalue weighted by Crippen LogP contribution is -2.05. The molecule has 0 aliphatic carbocycles. The van der Waals surface area contributed by atoms with E-state index in [1.165, 1.54) is 0 Å². The van der Waals surface area contributed by atoms with Gasteiger partial charge in [0.05, 0.1) is 5.56 Å². The molecule has 62 valence electrons. The van der Waals surface area contributed by atoms with Crippen LogP contribution in [-0.2, 0) is 6.54 Å². The molecule has 0 aliphatic rings. The summed E-state index contributed by atoms with van der Waals surface area (Å²) in [4.78, 5) is 4.08. The summed E-state index contributed by atoms with van der Waals surface area (Å²) in [6, 6.07) is 2.08. The van der Waals surface area contributed by atoms with E-state index >= 15 is 0 Å². The van der Waals surface area contributed by atoms with Crippen molar-refractivity contribution in [1.29, 1.82) is 5.26 Å². The molecular weight excluding hydrogens is 150 g/mol. The number of pyridine rings is 1. The van der Waals surface area contributed by atoms with Crippen LogP contribution in [0.2, 0.25) is 0 Å². The Morgan fingerprint density at radius 3 is 2.75 bits per heavy atom. The predicted octanol–water partition coefficient (Wildman–Crippen LogP) is 1.03. The molecule has 0 aliphatic heterocycles. The van der Waals surface area contributed by atoms with Gasteiger partial charge in [0.2, 0.25) is 0 Å². The minimum absolute atomic E-state index is 0.445. The monoisotopic (exact) mass is 161 g/mol. The van der Waals surface area contributed by atoms with E-state index in [0.29, 0.717) is 12.1 Å². The molecule has 3 heteroatoms. The zero-order valence-corrected chi connectivity index (χ0v) is 7.26. The first kappa shape index (κ1) is 8.69.